The topological polar surface area (TPSA) is 67.3 Å². The Labute approximate surface area is 185 Å². The summed E-state index contributed by atoms with van der Waals surface area (Å²) in [4.78, 5) is 20.1. The van der Waals surface area contributed by atoms with Crippen LogP contribution in [0.1, 0.15) is 27.0 Å². The summed E-state index contributed by atoms with van der Waals surface area (Å²) in [6.07, 6.45) is 1.15. The Bertz CT molecular complexity index is 1360. The molecule has 1 aromatic heterocycles. The molecule has 4 rings (SSSR count). The predicted octanol–water partition coefficient (Wildman–Crippen LogP) is 5.16. The molecule has 5 nitrogen and oxygen atoms in total. The summed E-state index contributed by atoms with van der Waals surface area (Å²) < 4.78 is 24.6. The maximum atomic E-state index is 13.5. The van der Waals surface area contributed by atoms with E-state index >= 15 is 0 Å². The molecule has 1 amide bonds. The van der Waals surface area contributed by atoms with Crippen molar-refractivity contribution in [1.29, 1.82) is 0 Å². The first-order chi connectivity index (χ1) is 14.7. The lowest BCUT2D eigenvalue weighted by Gasteiger charge is -2.20. The molecule has 1 heterocycles. The molecule has 31 heavy (non-hydrogen) atoms. The fourth-order valence-corrected chi connectivity index (χ4v) is 4.98. The molecule has 0 radical (unpaired) electrons. The molecule has 0 saturated heterocycles. The molecule has 0 aliphatic carbocycles. The number of fused-ring (bicyclic) bond motifs is 1. The quantitative estimate of drug-likeness (QED) is 0.421. The molecule has 0 fully saturated rings. The van der Waals surface area contributed by atoms with Crippen molar-refractivity contribution < 1.29 is 13.2 Å². The van der Waals surface area contributed by atoms with Gasteiger partial charge in [-0.2, -0.15) is 0 Å². The van der Waals surface area contributed by atoms with Gasteiger partial charge in [-0.1, -0.05) is 47.7 Å². The highest BCUT2D eigenvalue weighted by atomic mass is 32.2. The van der Waals surface area contributed by atoms with Crippen molar-refractivity contribution >= 4 is 42.4 Å². The smallest absolute Gasteiger partial charge is 0.260 e. The number of hydrogen-bond acceptors (Lipinski definition) is 5. The molecule has 0 spiro atoms. The van der Waals surface area contributed by atoms with E-state index in [1.165, 1.54) is 23.5 Å². The number of hydrogen-bond donors (Lipinski definition) is 0. The van der Waals surface area contributed by atoms with Crippen molar-refractivity contribution in [3.05, 3.63) is 89.0 Å². The van der Waals surface area contributed by atoms with Gasteiger partial charge in [0.1, 0.15) is 0 Å². The molecule has 3 aromatic carbocycles. The Balaban J connectivity index is 1.77. The maximum absolute atomic E-state index is 13.5. The first-order valence-corrected chi connectivity index (χ1v) is 12.5. The highest BCUT2D eigenvalue weighted by Crippen LogP contribution is 2.33. The minimum absolute atomic E-state index is 0.185. The monoisotopic (exact) mass is 450 g/mol. The normalized spacial score (nSPS) is 11.6. The van der Waals surface area contributed by atoms with Crippen molar-refractivity contribution in [2.24, 2.45) is 0 Å². The molecule has 0 bridgehead atoms. The van der Waals surface area contributed by atoms with Crippen molar-refractivity contribution in [1.82, 2.24) is 4.98 Å². The molecule has 7 heteroatoms. The Morgan fingerprint density at radius 3 is 2.29 bits per heavy atom. The van der Waals surface area contributed by atoms with E-state index in [4.69, 9.17) is 4.98 Å². The summed E-state index contributed by atoms with van der Waals surface area (Å²) in [6.45, 7) is 4.45. The third-order valence-electron chi connectivity index (χ3n) is 5.26. The fourth-order valence-electron chi connectivity index (χ4n) is 3.32. The number of rotatable bonds is 5. The highest BCUT2D eigenvalue weighted by molar-refractivity contribution is 7.90. The number of anilines is 1. The van der Waals surface area contributed by atoms with Crippen LogP contribution in [0.15, 0.2) is 71.6 Å². The van der Waals surface area contributed by atoms with Crippen molar-refractivity contribution in [2.45, 2.75) is 25.3 Å². The first-order valence-electron chi connectivity index (χ1n) is 9.77. The second-order valence-corrected chi connectivity index (χ2v) is 10.5. The first kappa shape index (κ1) is 21.2. The Kier molecular flexibility index (Phi) is 5.64. The molecular formula is C24H22N2O3S2. The van der Waals surface area contributed by atoms with Gasteiger partial charge in [0.25, 0.3) is 5.91 Å². The van der Waals surface area contributed by atoms with Crippen LogP contribution in [0.2, 0.25) is 0 Å². The highest BCUT2D eigenvalue weighted by Gasteiger charge is 2.23. The van der Waals surface area contributed by atoms with Gasteiger partial charge in [0, 0.05) is 11.8 Å². The van der Waals surface area contributed by atoms with Gasteiger partial charge in [-0.15, -0.1) is 0 Å². The lowest BCUT2D eigenvalue weighted by Crippen LogP contribution is -2.30. The SMILES string of the molecule is Cc1ccc2sc(N(Cc3ccccc3)C(=O)c3ccc(S(C)(=O)=O)cc3)nc2c1C. The number of aryl methyl sites for hydroxylation is 2. The number of nitrogens with zero attached hydrogens (tertiary/aromatic N) is 2. The number of amides is 1. The van der Waals surface area contributed by atoms with Crippen LogP contribution in [-0.4, -0.2) is 25.6 Å². The lowest BCUT2D eigenvalue weighted by atomic mass is 10.1. The van der Waals surface area contributed by atoms with Gasteiger partial charge in [0.05, 0.1) is 21.7 Å². The van der Waals surface area contributed by atoms with E-state index in [1.807, 2.05) is 50.2 Å². The Hall–Kier alpha value is -3.03. The van der Waals surface area contributed by atoms with Crippen LogP contribution < -0.4 is 4.90 Å². The summed E-state index contributed by atoms with van der Waals surface area (Å²) in [6, 6.07) is 19.9. The minimum atomic E-state index is -3.33. The number of sulfone groups is 1. The third-order valence-corrected chi connectivity index (χ3v) is 7.43. The summed E-state index contributed by atoms with van der Waals surface area (Å²) >= 11 is 1.48. The number of carbonyl (C=O) groups is 1. The standard InChI is InChI=1S/C24H22N2O3S2/c1-16-9-14-21-22(17(16)2)25-24(30-21)26(15-18-7-5-4-6-8-18)23(27)19-10-12-20(13-11-19)31(3,28)29/h4-14H,15H2,1-3H3. The average molecular weight is 451 g/mol. The fraction of sp³-hybridized carbons (Fsp3) is 0.167. The number of benzene rings is 3. The summed E-state index contributed by atoms with van der Waals surface area (Å²) in [5.41, 5.74) is 4.55. The molecule has 0 N–H and O–H groups in total. The molecule has 4 aromatic rings. The summed E-state index contributed by atoms with van der Waals surface area (Å²) in [5, 5.41) is 0.616. The summed E-state index contributed by atoms with van der Waals surface area (Å²) in [7, 11) is -3.33. The third kappa shape index (κ3) is 4.38. The van der Waals surface area contributed by atoms with Gasteiger partial charge in [-0.05, 0) is 60.9 Å². The largest absolute Gasteiger partial charge is 0.279 e. The van der Waals surface area contributed by atoms with Crippen molar-refractivity contribution in [3.63, 3.8) is 0 Å². The Morgan fingerprint density at radius 2 is 1.65 bits per heavy atom. The second kappa shape index (κ2) is 8.24. The number of aromatic nitrogens is 1. The molecular weight excluding hydrogens is 428 g/mol. The zero-order valence-corrected chi connectivity index (χ0v) is 19.1. The molecule has 0 atom stereocenters. The van der Waals surface area contributed by atoms with Crippen LogP contribution in [0, 0.1) is 13.8 Å². The Morgan fingerprint density at radius 1 is 0.968 bits per heavy atom. The van der Waals surface area contributed by atoms with Crippen LogP contribution in [0.25, 0.3) is 10.2 Å². The molecule has 158 valence electrons. The van der Waals surface area contributed by atoms with Gasteiger partial charge in [0.2, 0.25) is 0 Å². The van der Waals surface area contributed by atoms with E-state index in [0.717, 1.165) is 33.2 Å². The minimum Gasteiger partial charge on any atom is -0.279 e. The van der Waals surface area contributed by atoms with Gasteiger partial charge in [-0.3, -0.25) is 9.69 Å². The zero-order chi connectivity index (χ0) is 22.2. The molecule has 0 saturated carbocycles. The molecule has 0 unspecified atom stereocenters. The van der Waals surface area contributed by atoms with E-state index in [9.17, 15) is 13.2 Å². The van der Waals surface area contributed by atoms with Crippen molar-refractivity contribution in [2.75, 3.05) is 11.2 Å². The van der Waals surface area contributed by atoms with Gasteiger partial charge < -0.3 is 0 Å². The predicted molar refractivity (Wildman–Crippen MR) is 126 cm³/mol. The van der Waals surface area contributed by atoms with Crippen molar-refractivity contribution in [3.8, 4) is 0 Å². The van der Waals surface area contributed by atoms with E-state index in [2.05, 4.69) is 6.07 Å². The van der Waals surface area contributed by atoms with Crippen LogP contribution in [0.4, 0.5) is 5.13 Å². The number of carbonyl (C=O) groups excluding carboxylic acids is 1. The van der Waals surface area contributed by atoms with Crippen LogP contribution in [0.5, 0.6) is 0 Å². The van der Waals surface area contributed by atoms with E-state index in [1.54, 1.807) is 17.0 Å². The van der Waals surface area contributed by atoms with Crippen LogP contribution in [-0.2, 0) is 16.4 Å². The van der Waals surface area contributed by atoms with Gasteiger partial charge >= 0.3 is 0 Å². The zero-order valence-electron chi connectivity index (χ0n) is 17.5. The number of thiazole rings is 1. The van der Waals surface area contributed by atoms with E-state index < -0.39 is 9.84 Å². The van der Waals surface area contributed by atoms with E-state index in [0.29, 0.717) is 17.2 Å². The maximum Gasteiger partial charge on any atom is 0.260 e. The van der Waals surface area contributed by atoms with Crippen LogP contribution >= 0.6 is 11.3 Å². The lowest BCUT2D eigenvalue weighted by molar-refractivity contribution is 0.0985. The van der Waals surface area contributed by atoms with Gasteiger partial charge in [0.15, 0.2) is 15.0 Å². The summed E-state index contributed by atoms with van der Waals surface area (Å²) in [5.74, 6) is -0.225. The van der Waals surface area contributed by atoms with Gasteiger partial charge in [-0.25, -0.2) is 13.4 Å². The molecule has 0 aliphatic rings. The molecule has 0 aliphatic heterocycles. The van der Waals surface area contributed by atoms with E-state index in [-0.39, 0.29) is 10.8 Å². The van der Waals surface area contributed by atoms with Crippen LogP contribution in [0.3, 0.4) is 0 Å². The average Bonchev–Trinajstić information content (AvgIpc) is 3.19. The second-order valence-electron chi connectivity index (χ2n) is 7.52.